The summed E-state index contributed by atoms with van der Waals surface area (Å²) in [5, 5.41) is 0.116. The molecule has 3 aromatic rings. The molecule has 26 heavy (non-hydrogen) atoms. The normalized spacial score (nSPS) is 13.0. The molecule has 0 amide bonds. The fourth-order valence-electron chi connectivity index (χ4n) is 2.75. The SMILES string of the molecule is C[C@H](CCNS(=O)(=O)c1ccc2[nH]c(=O)[nH]c(=O)c2c1)c1ccccc1. The highest BCUT2D eigenvalue weighted by molar-refractivity contribution is 7.89. The van der Waals surface area contributed by atoms with Crippen molar-refractivity contribution < 1.29 is 8.42 Å². The van der Waals surface area contributed by atoms with E-state index in [9.17, 15) is 18.0 Å². The van der Waals surface area contributed by atoms with Crippen LogP contribution in [0.5, 0.6) is 0 Å². The molecular weight excluding hydrogens is 354 g/mol. The Morgan fingerprint density at radius 1 is 1.04 bits per heavy atom. The van der Waals surface area contributed by atoms with E-state index >= 15 is 0 Å². The van der Waals surface area contributed by atoms with Crippen molar-refractivity contribution in [3.05, 3.63) is 74.9 Å². The third-order valence-corrected chi connectivity index (χ3v) is 5.72. The summed E-state index contributed by atoms with van der Waals surface area (Å²) in [6.07, 6.45) is 0.644. The van der Waals surface area contributed by atoms with Crippen LogP contribution in [0.1, 0.15) is 24.8 Å². The van der Waals surface area contributed by atoms with Crippen LogP contribution in [0.3, 0.4) is 0 Å². The van der Waals surface area contributed by atoms with Gasteiger partial charge in [0.05, 0.1) is 15.8 Å². The van der Waals surface area contributed by atoms with Crippen LogP contribution >= 0.6 is 0 Å². The van der Waals surface area contributed by atoms with Crippen molar-refractivity contribution >= 4 is 20.9 Å². The first-order chi connectivity index (χ1) is 12.4. The van der Waals surface area contributed by atoms with Gasteiger partial charge in [0, 0.05) is 6.54 Å². The Morgan fingerprint density at radius 2 is 1.77 bits per heavy atom. The maximum Gasteiger partial charge on any atom is 0.326 e. The molecule has 8 heteroatoms. The van der Waals surface area contributed by atoms with Gasteiger partial charge in [-0.3, -0.25) is 9.78 Å². The van der Waals surface area contributed by atoms with Gasteiger partial charge in [-0.2, -0.15) is 0 Å². The predicted molar refractivity (Wildman–Crippen MR) is 99.9 cm³/mol. The molecule has 136 valence electrons. The van der Waals surface area contributed by atoms with Gasteiger partial charge in [0.25, 0.3) is 5.56 Å². The number of benzene rings is 2. The van der Waals surface area contributed by atoms with Gasteiger partial charge >= 0.3 is 5.69 Å². The minimum atomic E-state index is -3.75. The first-order valence-electron chi connectivity index (χ1n) is 8.18. The van der Waals surface area contributed by atoms with Crippen molar-refractivity contribution in [1.29, 1.82) is 0 Å². The Labute approximate surface area is 150 Å². The Bertz CT molecular complexity index is 1130. The van der Waals surface area contributed by atoms with Crippen LogP contribution in [0.2, 0.25) is 0 Å². The average Bonchev–Trinajstić information content (AvgIpc) is 2.61. The summed E-state index contributed by atoms with van der Waals surface area (Å²) in [7, 11) is -3.75. The maximum absolute atomic E-state index is 12.5. The lowest BCUT2D eigenvalue weighted by Gasteiger charge is -2.13. The molecule has 0 fully saturated rings. The average molecular weight is 373 g/mol. The van der Waals surface area contributed by atoms with Crippen molar-refractivity contribution in [2.45, 2.75) is 24.2 Å². The van der Waals surface area contributed by atoms with Crippen molar-refractivity contribution in [3.63, 3.8) is 0 Å². The summed E-state index contributed by atoms with van der Waals surface area (Å²) < 4.78 is 27.5. The number of aromatic amines is 2. The highest BCUT2D eigenvalue weighted by Gasteiger charge is 2.16. The van der Waals surface area contributed by atoms with E-state index in [2.05, 4.69) is 14.7 Å². The number of aromatic nitrogens is 2. The first-order valence-corrected chi connectivity index (χ1v) is 9.66. The summed E-state index contributed by atoms with van der Waals surface area (Å²) in [5.74, 6) is 0.212. The molecule has 3 rings (SSSR count). The quantitative estimate of drug-likeness (QED) is 0.610. The van der Waals surface area contributed by atoms with Gasteiger partial charge in [0.2, 0.25) is 10.0 Å². The molecule has 1 aromatic heterocycles. The monoisotopic (exact) mass is 373 g/mol. The highest BCUT2D eigenvalue weighted by atomic mass is 32.2. The summed E-state index contributed by atoms with van der Waals surface area (Å²) in [5.41, 5.74) is 0.174. The van der Waals surface area contributed by atoms with Crippen LogP contribution < -0.4 is 16.0 Å². The fourth-order valence-corrected chi connectivity index (χ4v) is 3.83. The van der Waals surface area contributed by atoms with Crippen molar-refractivity contribution in [2.75, 3.05) is 6.54 Å². The third-order valence-electron chi connectivity index (χ3n) is 4.26. The largest absolute Gasteiger partial charge is 0.326 e. The van der Waals surface area contributed by atoms with Gasteiger partial charge in [0.1, 0.15) is 0 Å². The number of fused-ring (bicyclic) bond motifs is 1. The fraction of sp³-hybridized carbons (Fsp3) is 0.222. The number of nitrogens with one attached hydrogen (secondary N) is 3. The minimum Gasteiger partial charge on any atom is -0.307 e. The lowest BCUT2D eigenvalue weighted by Crippen LogP contribution is -2.26. The van der Waals surface area contributed by atoms with E-state index in [1.807, 2.05) is 37.3 Å². The van der Waals surface area contributed by atoms with E-state index in [-0.39, 0.29) is 28.3 Å². The predicted octanol–water partition coefficient (Wildman–Crippen LogP) is 1.69. The molecule has 0 radical (unpaired) electrons. The van der Waals surface area contributed by atoms with Gasteiger partial charge in [-0.15, -0.1) is 0 Å². The van der Waals surface area contributed by atoms with E-state index in [0.29, 0.717) is 6.42 Å². The van der Waals surface area contributed by atoms with Gasteiger partial charge in [-0.05, 0) is 36.1 Å². The smallest absolute Gasteiger partial charge is 0.307 e. The van der Waals surface area contributed by atoms with E-state index < -0.39 is 21.3 Å². The highest BCUT2D eigenvalue weighted by Crippen LogP contribution is 2.18. The number of hydrogen-bond acceptors (Lipinski definition) is 4. The molecular formula is C18H19N3O4S. The Hall–Kier alpha value is -2.71. The van der Waals surface area contributed by atoms with Crippen LogP contribution in [0.25, 0.3) is 10.9 Å². The molecule has 0 aliphatic rings. The van der Waals surface area contributed by atoms with Gasteiger partial charge in [0.15, 0.2) is 0 Å². The number of rotatable bonds is 6. The Kier molecular flexibility index (Phi) is 5.06. The summed E-state index contributed by atoms with van der Waals surface area (Å²) in [4.78, 5) is 27.6. The first kappa shape index (κ1) is 18.1. The Morgan fingerprint density at radius 3 is 2.50 bits per heavy atom. The molecule has 3 N–H and O–H groups in total. The third kappa shape index (κ3) is 3.92. The standard InChI is InChI=1S/C18H19N3O4S/c1-12(13-5-3-2-4-6-13)9-10-19-26(24,25)14-7-8-16-15(11-14)17(22)21-18(23)20-16/h2-8,11-12,19H,9-10H2,1H3,(H2,20,21,22,23)/t12-/m1/s1. The molecule has 0 saturated heterocycles. The molecule has 1 heterocycles. The molecule has 0 unspecified atom stereocenters. The second kappa shape index (κ2) is 7.27. The van der Waals surface area contributed by atoms with Crippen LogP contribution in [-0.4, -0.2) is 24.9 Å². The number of sulfonamides is 1. The molecule has 0 saturated carbocycles. The van der Waals surface area contributed by atoms with Crippen LogP contribution in [0.15, 0.2) is 63.0 Å². The van der Waals surface area contributed by atoms with Gasteiger partial charge in [-0.1, -0.05) is 37.3 Å². The second-order valence-corrected chi connectivity index (χ2v) is 7.88. The number of hydrogen-bond donors (Lipinski definition) is 3. The lowest BCUT2D eigenvalue weighted by atomic mass is 9.98. The zero-order valence-electron chi connectivity index (χ0n) is 14.2. The van der Waals surface area contributed by atoms with Crippen LogP contribution in [-0.2, 0) is 10.0 Å². The molecule has 0 aliphatic heterocycles. The van der Waals surface area contributed by atoms with Crippen molar-refractivity contribution in [2.24, 2.45) is 0 Å². The van der Waals surface area contributed by atoms with Gasteiger partial charge < -0.3 is 4.98 Å². The lowest BCUT2D eigenvalue weighted by molar-refractivity contribution is 0.572. The van der Waals surface area contributed by atoms with E-state index in [1.54, 1.807) is 0 Å². The van der Waals surface area contributed by atoms with Crippen LogP contribution in [0, 0.1) is 0 Å². The summed E-state index contributed by atoms with van der Waals surface area (Å²) in [6, 6.07) is 13.9. The summed E-state index contributed by atoms with van der Waals surface area (Å²) in [6.45, 7) is 2.31. The zero-order valence-corrected chi connectivity index (χ0v) is 15.0. The van der Waals surface area contributed by atoms with E-state index in [4.69, 9.17) is 0 Å². The minimum absolute atomic E-state index is 0.0186. The zero-order chi connectivity index (χ0) is 18.7. The van der Waals surface area contributed by atoms with Crippen molar-refractivity contribution in [1.82, 2.24) is 14.7 Å². The van der Waals surface area contributed by atoms with E-state index in [0.717, 1.165) is 5.56 Å². The molecule has 0 spiro atoms. The molecule has 0 aliphatic carbocycles. The van der Waals surface area contributed by atoms with Gasteiger partial charge in [-0.25, -0.2) is 17.9 Å². The molecule has 0 bridgehead atoms. The topological polar surface area (TPSA) is 112 Å². The molecule has 7 nitrogen and oxygen atoms in total. The van der Waals surface area contributed by atoms with Crippen molar-refractivity contribution in [3.8, 4) is 0 Å². The summed E-state index contributed by atoms with van der Waals surface area (Å²) >= 11 is 0. The molecule has 2 aromatic carbocycles. The molecule has 1 atom stereocenters. The van der Waals surface area contributed by atoms with E-state index in [1.165, 1.54) is 18.2 Å². The Balaban J connectivity index is 1.75. The second-order valence-electron chi connectivity index (χ2n) is 6.11. The maximum atomic E-state index is 12.5. The van der Waals surface area contributed by atoms with Crippen LogP contribution in [0.4, 0.5) is 0 Å². The number of H-pyrrole nitrogens is 2.